The fourth-order valence-corrected chi connectivity index (χ4v) is 7.22. The number of fused-ring (bicyclic) bond motifs is 1. The standard InChI is InChI=1S/C29H40N4O2S/c1-2-15-31-17-19-32(20-18-31)16-8-14-30-28(34)26-23-11-5-6-12-24(23)29(35)33(22-9-3-4-10-22)27(26)25-13-7-21-36-25/h5-7,11-13,21-22,26-27H,2-4,8-10,14-20H2,1H3,(H,30,34)/t26-,27-/m0/s1. The van der Waals surface area contributed by atoms with E-state index >= 15 is 0 Å². The van der Waals surface area contributed by atoms with E-state index in [1.807, 2.05) is 30.3 Å². The van der Waals surface area contributed by atoms with Crippen molar-refractivity contribution >= 4 is 23.2 Å². The summed E-state index contributed by atoms with van der Waals surface area (Å²) in [7, 11) is 0. The molecule has 194 valence electrons. The number of hydrogen-bond donors (Lipinski definition) is 1. The Kier molecular flexibility index (Phi) is 8.40. The van der Waals surface area contributed by atoms with Crippen LogP contribution in [0, 0.1) is 0 Å². The van der Waals surface area contributed by atoms with Gasteiger partial charge >= 0.3 is 0 Å². The fourth-order valence-electron chi connectivity index (χ4n) is 6.36. The second kappa shape index (κ2) is 11.9. The first-order chi connectivity index (χ1) is 17.7. The van der Waals surface area contributed by atoms with Crippen molar-refractivity contribution in [3.8, 4) is 0 Å². The summed E-state index contributed by atoms with van der Waals surface area (Å²) >= 11 is 1.66. The average Bonchev–Trinajstić information content (AvgIpc) is 3.62. The lowest BCUT2D eigenvalue weighted by atomic mass is 9.80. The number of thiophene rings is 1. The lowest BCUT2D eigenvalue weighted by molar-refractivity contribution is -0.124. The van der Waals surface area contributed by atoms with Gasteiger partial charge in [-0.3, -0.25) is 9.59 Å². The molecule has 2 aliphatic heterocycles. The number of nitrogens with one attached hydrogen (secondary N) is 1. The summed E-state index contributed by atoms with van der Waals surface area (Å²) in [4.78, 5) is 35.8. The molecule has 0 spiro atoms. The van der Waals surface area contributed by atoms with Crippen LogP contribution in [0.5, 0.6) is 0 Å². The highest BCUT2D eigenvalue weighted by molar-refractivity contribution is 7.10. The molecule has 0 unspecified atom stereocenters. The van der Waals surface area contributed by atoms with Crippen LogP contribution in [0.2, 0.25) is 0 Å². The van der Waals surface area contributed by atoms with E-state index in [9.17, 15) is 9.59 Å². The number of carbonyl (C=O) groups is 2. The molecule has 0 radical (unpaired) electrons. The van der Waals surface area contributed by atoms with Crippen LogP contribution in [-0.2, 0) is 4.79 Å². The smallest absolute Gasteiger partial charge is 0.254 e. The van der Waals surface area contributed by atoms with Crippen molar-refractivity contribution in [1.82, 2.24) is 20.0 Å². The molecule has 6 nitrogen and oxygen atoms in total. The van der Waals surface area contributed by atoms with Gasteiger partial charge in [-0.05, 0) is 61.8 Å². The molecule has 1 aromatic carbocycles. The average molecular weight is 509 g/mol. The van der Waals surface area contributed by atoms with E-state index < -0.39 is 0 Å². The molecule has 3 aliphatic rings. The predicted molar refractivity (Wildman–Crippen MR) is 145 cm³/mol. The summed E-state index contributed by atoms with van der Waals surface area (Å²) in [6.07, 6.45) is 6.51. The minimum atomic E-state index is -0.379. The van der Waals surface area contributed by atoms with Gasteiger partial charge in [0.25, 0.3) is 5.91 Å². The highest BCUT2D eigenvalue weighted by atomic mass is 32.1. The quantitative estimate of drug-likeness (QED) is 0.507. The summed E-state index contributed by atoms with van der Waals surface area (Å²) in [5.74, 6) is -0.248. The predicted octanol–water partition coefficient (Wildman–Crippen LogP) is 4.51. The Labute approximate surface area is 219 Å². The molecule has 1 N–H and O–H groups in total. The molecule has 36 heavy (non-hydrogen) atoms. The summed E-state index contributed by atoms with van der Waals surface area (Å²) in [5, 5.41) is 5.33. The molecule has 1 aliphatic carbocycles. The van der Waals surface area contributed by atoms with E-state index in [2.05, 4.69) is 38.4 Å². The molecular weight excluding hydrogens is 468 g/mol. The fraction of sp³-hybridized carbons (Fsp3) is 0.586. The van der Waals surface area contributed by atoms with E-state index in [0.717, 1.165) is 75.3 Å². The normalized spacial score (nSPS) is 23.7. The van der Waals surface area contributed by atoms with Crippen molar-refractivity contribution in [2.24, 2.45) is 0 Å². The van der Waals surface area contributed by atoms with Gasteiger partial charge in [-0.2, -0.15) is 0 Å². The SMILES string of the molecule is CCCN1CCN(CCCNC(=O)[C@H]2c3ccccc3C(=O)N(C3CCCC3)[C@H]2c2cccs2)CC1. The van der Waals surface area contributed by atoms with E-state index in [1.54, 1.807) is 11.3 Å². The number of carbonyl (C=O) groups excluding carboxylic acids is 2. The molecule has 2 amide bonds. The molecular formula is C29H40N4O2S. The van der Waals surface area contributed by atoms with Gasteiger partial charge in [0.05, 0.1) is 12.0 Å². The zero-order chi connectivity index (χ0) is 24.9. The Balaban J connectivity index is 1.29. The van der Waals surface area contributed by atoms with Crippen LogP contribution in [0.15, 0.2) is 41.8 Å². The van der Waals surface area contributed by atoms with E-state index in [-0.39, 0.29) is 29.8 Å². The van der Waals surface area contributed by atoms with Crippen LogP contribution >= 0.6 is 11.3 Å². The summed E-state index contributed by atoms with van der Waals surface area (Å²) in [5.41, 5.74) is 1.57. The van der Waals surface area contributed by atoms with Crippen LogP contribution in [-0.4, -0.2) is 78.4 Å². The maximum absolute atomic E-state index is 13.8. The first-order valence-electron chi connectivity index (χ1n) is 13.8. The number of rotatable bonds is 9. The molecule has 1 aromatic heterocycles. The highest BCUT2D eigenvalue weighted by Crippen LogP contribution is 2.47. The Morgan fingerprint density at radius 2 is 1.72 bits per heavy atom. The van der Waals surface area contributed by atoms with Gasteiger partial charge < -0.3 is 20.0 Å². The van der Waals surface area contributed by atoms with Gasteiger partial charge in [-0.15, -0.1) is 11.3 Å². The molecule has 7 heteroatoms. The Morgan fingerprint density at radius 1 is 1.00 bits per heavy atom. The number of benzene rings is 1. The lowest BCUT2D eigenvalue weighted by Gasteiger charge is -2.44. The third kappa shape index (κ3) is 5.38. The van der Waals surface area contributed by atoms with Gasteiger partial charge in [0, 0.05) is 49.2 Å². The summed E-state index contributed by atoms with van der Waals surface area (Å²) < 4.78 is 0. The zero-order valence-electron chi connectivity index (χ0n) is 21.5. The number of amides is 2. The van der Waals surface area contributed by atoms with Crippen LogP contribution in [0.1, 0.15) is 78.2 Å². The summed E-state index contributed by atoms with van der Waals surface area (Å²) in [6, 6.07) is 11.9. The topological polar surface area (TPSA) is 55.9 Å². The molecule has 5 rings (SSSR count). The Bertz CT molecular complexity index is 1010. The Morgan fingerprint density at radius 3 is 2.42 bits per heavy atom. The second-order valence-corrected chi connectivity index (χ2v) is 11.5. The van der Waals surface area contributed by atoms with E-state index in [0.29, 0.717) is 12.1 Å². The maximum atomic E-state index is 13.8. The highest BCUT2D eigenvalue weighted by Gasteiger charge is 2.47. The molecule has 1 saturated carbocycles. The van der Waals surface area contributed by atoms with Crippen molar-refractivity contribution in [3.05, 3.63) is 57.8 Å². The molecule has 3 heterocycles. The largest absolute Gasteiger partial charge is 0.355 e. The van der Waals surface area contributed by atoms with Crippen LogP contribution < -0.4 is 5.32 Å². The molecule has 2 atom stereocenters. The van der Waals surface area contributed by atoms with E-state index in [4.69, 9.17) is 0 Å². The molecule has 0 bridgehead atoms. The molecule has 2 fully saturated rings. The van der Waals surface area contributed by atoms with Gasteiger partial charge in [0.2, 0.25) is 5.91 Å². The van der Waals surface area contributed by atoms with Crippen molar-refractivity contribution < 1.29 is 9.59 Å². The van der Waals surface area contributed by atoms with Crippen LogP contribution in [0.3, 0.4) is 0 Å². The van der Waals surface area contributed by atoms with Gasteiger partial charge in [-0.25, -0.2) is 0 Å². The first kappa shape index (κ1) is 25.4. The zero-order valence-corrected chi connectivity index (χ0v) is 22.3. The summed E-state index contributed by atoms with van der Waals surface area (Å²) in [6.45, 7) is 9.64. The minimum Gasteiger partial charge on any atom is -0.355 e. The Hall–Kier alpha value is -2.22. The van der Waals surface area contributed by atoms with Crippen molar-refractivity contribution in [1.29, 1.82) is 0 Å². The second-order valence-electron chi connectivity index (χ2n) is 10.5. The van der Waals surface area contributed by atoms with Crippen LogP contribution in [0.25, 0.3) is 0 Å². The van der Waals surface area contributed by atoms with Crippen molar-refractivity contribution in [2.45, 2.75) is 63.5 Å². The van der Waals surface area contributed by atoms with Crippen molar-refractivity contribution in [3.63, 3.8) is 0 Å². The third-order valence-corrected chi connectivity index (χ3v) is 9.11. The van der Waals surface area contributed by atoms with E-state index in [1.165, 1.54) is 13.0 Å². The first-order valence-corrected chi connectivity index (χ1v) is 14.7. The monoisotopic (exact) mass is 508 g/mol. The van der Waals surface area contributed by atoms with Gasteiger partial charge in [0.15, 0.2) is 0 Å². The van der Waals surface area contributed by atoms with Gasteiger partial charge in [0.1, 0.15) is 0 Å². The lowest BCUT2D eigenvalue weighted by Crippen LogP contribution is -2.51. The molecule has 1 saturated heterocycles. The maximum Gasteiger partial charge on any atom is 0.254 e. The van der Waals surface area contributed by atoms with Gasteiger partial charge in [-0.1, -0.05) is 44.0 Å². The third-order valence-electron chi connectivity index (χ3n) is 8.17. The van der Waals surface area contributed by atoms with Crippen molar-refractivity contribution in [2.75, 3.05) is 45.8 Å². The number of hydrogen-bond acceptors (Lipinski definition) is 5. The number of nitrogens with zero attached hydrogens (tertiary/aromatic N) is 3. The number of piperazine rings is 1. The van der Waals surface area contributed by atoms with Crippen LogP contribution in [0.4, 0.5) is 0 Å². The minimum absolute atomic E-state index is 0.0455. The molecule has 2 aromatic rings.